The molecule has 0 aromatic heterocycles. The first kappa shape index (κ1) is 18.3. The Morgan fingerprint density at radius 2 is 2.05 bits per heavy atom. The summed E-state index contributed by atoms with van der Waals surface area (Å²) in [6.07, 6.45) is 0.178. The Bertz CT molecular complexity index is 475. The van der Waals surface area contributed by atoms with Gasteiger partial charge in [-0.2, -0.15) is 0 Å². The molecule has 3 N–H and O–H groups in total. The van der Waals surface area contributed by atoms with E-state index in [9.17, 15) is 9.90 Å². The van der Waals surface area contributed by atoms with Crippen molar-refractivity contribution in [3.8, 4) is 5.75 Å². The molecule has 0 bridgehead atoms. The normalized spacial score (nSPS) is 12.1. The number of aryl methyl sites for hydroxylation is 1. The van der Waals surface area contributed by atoms with Gasteiger partial charge >= 0.3 is 6.03 Å². The number of nitrogens with one attached hydrogen (secondary N) is 2. The van der Waals surface area contributed by atoms with Gasteiger partial charge in [0, 0.05) is 13.1 Å². The zero-order chi connectivity index (χ0) is 16.5. The van der Waals surface area contributed by atoms with E-state index < -0.39 is 6.10 Å². The Labute approximate surface area is 133 Å². The Morgan fingerprint density at radius 1 is 1.32 bits per heavy atom. The lowest BCUT2D eigenvalue weighted by atomic mass is 10.1. The lowest BCUT2D eigenvalue weighted by Crippen LogP contribution is -2.39. The Morgan fingerprint density at radius 3 is 2.64 bits per heavy atom. The van der Waals surface area contributed by atoms with Gasteiger partial charge in [-0.3, -0.25) is 0 Å². The topological polar surface area (TPSA) is 70.6 Å². The lowest BCUT2D eigenvalue weighted by Gasteiger charge is -2.14. The number of aliphatic hydroxyl groups excluding tert-OH is 1. The van der Waals surface area contributed by atoms with Gasteiger partial charge in [-0.1, -0.05) is 26.0 Å². The fraction of sp³-hybridized carbons (Fsp3) is 0.588. The molecule has 0 saturated carbocycles. The summed E-state index contributed by atoms with van der Waals surface area (Å²) in [5.41, 5.74) is 2.06. The third kappa shape index (κ3) is 6.80. The molecule has 1 rings (SSSR count). The monoisotopic (exact) mass is 308 g/mol. The molecule has 0 heterocycles. The van der Waals surface area contributed by atoms with E-state index in [0.717, 1.165) is 16.9 Å². The van der Waals surface area contributed by atoms with Gasteiger partial charge in [-0.05, 0) is 43.4 Å². The van der Waals surface area contributed by atoms with Crippen molar-refractivity contribution in [1.29, 1.82) is 0 Å². The molecule has 0 radical (unpaired) electrons. The molecule has 0 fully saturated rings. The second kappa shape index (κ2) is 9.30. The van der Waals surface area contributed by atoms with Crippen LogP contribution in [0.25, 0.3) is 0 Å². The average Bonchev–Trinajstić information content (AvgIpc) is 2.45. The second-order valence-corrected chi connectivity index (χ2v) is 5.88. The molecule has 5 heteroatoms. The summed E-state index contributed by atoms with van der Waals surface area (Å²) in [5.74, 6) is 1.28. The van der Waals surface area contributed by atoms with Crippen molar-refractivity contribution in [1.82, 2.24) is 10.6 Å². The summed E-state index contributed by atoms with van der Waals surface area (Å²) in [6, 6.07) is 5.58. The maximum atomic E-state index is 11.7. The maximum absolute atomic E-state index is 11.7. The highest BCUT2D eigenvalue weighted by Crippen LogP contribution is 2.18. The van der Waals surface area contributed by atoms with Crippen LogP contribution in [0.1, 0.15) is 38.3 Å². The standard InChI is InChI=1S/C17H28N2O3/c1-5-22-16-7-6-14(9-13(16)4)10-18-17(21)19-11-15(20)8-12(2)3/h6-7,9,12,15,20H,5,8,10-11H2,1-4H3,(H2,18,19,21). The molecule has 2 amide bonds. The van der Waals surface area contributed by atoms with Gasteiger partial charge in [-0.15, -0.1) is 0 Å². The van der Waals surface area contributed by atoms with Crippen LogP contribution in [0.2, 0.25) is 0 Å². The summed E-state index contributed by atoms with van der Waals surface area (Å²) in [5, 5.41) is 15.2. The number of benzene rings is 1. The fourth-order valence-corrected chi connectivity index (χ4v) is 2.22. The SMILES string of the molecule is CCOc1ccc(CNC(=O)NCC(O)CC(C)C)cc1C. The van der Waals surface area contributed by atoms with Crippen LogP contribution in [0.5, 0.6) is 5.75 Å². The van der Waals surface area contributed by atoms with Crippen molar-refractivity contribution in [3.05, 3.63) is 29.3 Å². The van der Waals surface area contributed by atoms with E-state index in [4.69, 9.17) is 4.74 Å². The van der Waals surface area contributed by atoms with Crippen LogP contribution < -0.4 is 15.4 Å². The molecular weight excluding hydrogens is 280 g/mol. The van der Waals surface area contributed by atoms with Crippen LogP contribution in [0.3, 0.4) is 0 Å². The van der Waals surface area contributed by atoms with Crippen LogP contribution in [-0.4, -0.2) is 30.4 Å². The van der Waals surface area contributed by atoms with Gasteiger partial charge in [-0.25, -0.2) is 4.79 Å². The van der Waals surface area contributed by atoms with Crippen molar-refractivity contribution in [2.45, 2.75) is 46.8 Å². The first-order valence-corrected chi connectivity index (χ1v) is 7.84. The summed E-state index contributed by atoms with van der Waals surface area (Å²) >= 11 is 0. The minimum absolute atomic E-state index is 0.269. The second-order valence-electron chi connectivity index (χ2n) is 5.88. The summed E-state index contributed by atoms with van der Waals surface area (Å²) in [7, 11) is 0. The van der Waals surface area contributed by atoms with Crippen molar-refractivity contribution in [2.24, 2.45) is 5.92 Å². The van der Waals surface area contributed by atoms with Gasteiger partial charge in [0.05, 0.1) is 12.7 Å². The smallest absolute Gasteiger partial charge is 0.315 e. The van der Waals surface area contributed by atoms with E-state index in [1.54, 1.807) is 0 Å². The third-order valence-corrected chi connectivity index (χ3v) is 3.23. The molecular formula is C17H28N2O3. The first-order valence-electron chi connectivity index (χ1n) is 7.84. The fourth-order valence-electron chi connectivity index (χ4n) is 2.22. The number of aliphatic hydroxyl groups is 1. The zero-order valence-corrected chi connectivity index (χ0v) is 14.0. The van der Waals surface area contributed by atoms with Crippen molar-refractivity contribution >= 4 is 6.03 Å². The van der Waals surface area contributed by atoms with E-state index in [0.29, 0.717) is 25.5 Å². The van der Waals surface area contributed by atoms with Crippen molar-refractivity contribution < 1.29 is 14.6 Å². The number of urea groups is 1. The Hall–Kier alpha value is -1.75. The van der Waals surface area contributed by atoms with Gasteiger partial charge in [0.25, 0.3) is 0 Å². The highest BCUT2D eigenvalue weighted by molar-refractivity contribution is 5.73. The molecule has 0 aliphatic rings. The van der Waals surface area contributed by atoms with Gasteiger partial charge in [0.2, 0.25) is 0 Å². The van der Waals surface area contributed by atoms with E-state index in [2.05, 4.69) is 10.6 Å². The molecule has 22 heavy (non-hydrogen) atoms. The van der Waals surface area contributed by atoms with Crippen LogP contribution >= 0.6 is 0 Å². The number of ether oxygens (including phenoxy) is 1. The minimum atomic E-state index is -0.501. The largest absolute Gasteiger partial charge is 0.494 e. The van der Waals surface area contributed by atoms with Crippen molar-refractivity contribution in [2.75, 3.05) is 13.2 Å². The van der Waals surface area contributed by atoms with E-state index >= 15 is 0 Å². The summed E-state index contributed by atoms with van der Waals surface area (Å²) in [6.45, 7) is 9.37. The third-order valence-electron chi connectivity index (χ3n) is 3.23. The Balaban J connectivity index is 2.36. The molecule has 5 nitrogen and oxygen atoms in total. The zero-order valence-electron chi connectivity index (χ0n) is 14.0. The molecule has 0 spiro atoms. The van der Waals surface area contributed by atoms with Crippen LogP contribution in [0, 0.1) is 12.8 Å². The maximum Gasteiger partial charge on any atom is 0.315 e. The number of carbonyl (C=O) groups excluding carboxylic acids is 1. The lowest BCUT2D eigenvalue weighted by molar-refractivity contribution is 0.147. The molecule has 124 valence electrons. The average molecular weight is 308 g/mol. The van der Waals surface area contributed by atoms with Gasteiger partial charge in [0.1, 0.15) is 5.75 Å². The quantitative estimate of drug-likeness (QED) is 0.691. The Kier molecular flexibility index (Phi) is 7.74. The van der Waals surface area contributed by atoms with E-state index in [1.807, 2.05) is 45.9 Å². The first-order chi connectivity index (χ1) is 10.4. The summed E-state index contributed by atoms with van der Waals surface area (Å²) < 4.78 is 5.49. The highest BCUT2D eigenvalue weighted by Gasteiger charge is 2.09. The number of amides is 2. The molecule has 0 aliphatic carbocycles. The molecule has 0 aliphatic heterocycles. The predicted octanol–water partition coefficient (Wildman–Crippen LogP) is 2.60. The molecule has 1 aromatic carbocycles. The van der Waals surface area contributed by atoms with Crippen LogP contribution in [0.4, 0.5) is 4.79 Å². The molecule has 0 saturated heterocycles. The summed E-state index contributed by atoms with van der Waals surface area (Å²) in [4.78, 5) is 11.7. The van der Waals surface area contributed by atoms with Crippen LogP contribution in [-0.2, 0) is 6.54 Å². The molecule has 1 unspecified atom stereocenters. The highest BCUT2D eigenvalue weighted by atomic mass is 16.5. The number of hydrogen-bond donors (Lipinski definition) is 3. The molecule has 1 aromatic rings. The number of rotatable bonds is 8. The van der Waals surface area contributed by atoms with E-state index in [-0.39, 0.29) is 12.6 Å². The van der Waals surface area contributed by atoms with Crippen molar-refractivity contribution in [3.63, 3.8) is 0 Å². The molecule has 1 atom stereocenters. The van der Waals surface area contributed by atoms with E-state index in [1.165, 1.54) is 0 Å². The van der Waals surface area contributed by atoms with Gasteiger partial charge in [0.15, 0.2) is 0 Å². The van der Waals surface area contributed by atoms with Crippen LogP contribution in [0.15, 0.2) is 18.2 Å². The van der Waals surface area contributed by atoms with Gasteiger partial charge < -0.3 is 20.5 Å². The number of hydrogen-bond acceptors (Lipinski definition) is 3. The minimum Gasteiger partial charge on any atom is -0.494 e. The number of carbonyl (C=O) groups is 1. The predicted molar refractivity (Wildman–Crippen MR) is 88.0 cm³/mol.